The van der Waals surface area contributed by atoms with Crippen molar-refractivity contribution in [1.82, 2.24) is 0 Å². The lowest BCUT2D eigenvalue weighted by Crippen LogP contribution is -2.61. The predicted molar refractivity (Wildman–Crippen MR) is 65.4 cm³/mol. The summed E-state index contributed by atoms with van der Waals surface area (Å²) in [5.74, 6) is 1.99. The topological polar surface area (TPSA) is 18.5 Å². The van der Waals surface area contributed by atoms with Crippen molar-refractivity contribution in [3.63, 3.8) is 0 Å². The zero-order valence-corrected chi connectivity index (χ0v) is 10.7. The van der Waals surface area contributed by atoms with Crippen molar-refractivity contribution in [1.29, 1.82) is 0 Å². The zero-order chi connectivity index (χ0) is 11.7. The summed E-state index contributed by atoms with van der Waals surface area (Å²) in [7, 11) is 0. The van der Waals surface area contributed by atoms with Crippen LogP contribution in [0.15, 0.2) is 12.2 Å². The van der Waals surface area contributed by atoms with Gasteiger partial charge in [0.15, 0.2) is 5.79 Å². The molecule has 17 heavy (non-hydrogen) atoms. The highest BCUT2D eigenvalue weighted by atomic mass is 16.7. The van der Waals surface area contributed by atoms with Gasteiger partial charge in [0.2, 0.25) is 0 Å². The Morgan fingerprint density at radius 2 is 1.65 bits per heavy atom. The van der Waals surface area contributed by atoms with Crippen LogP contribution in [-0.2, 0) is 9.47 Å². The van der Waals surface area contributed by atoms with Crippen LogP contribution in [-0.4, -0.2) is 19.0 Å². The summed E-state index contributed by atoms with van der Waals surface area (Å²) in [4.78, 5) is 0. The van der Waals surface area contributed by atoms with Crippen molar-refractivity contribution >= 4 is 0 Å². The first kappa shape index (κ1) is 10.6. The normalized spacial score (nSPS) is 50.1. The van der Waals surface area contributed by atoms with Gasteiger partial charge >= 0.3 is 0 Å². The minimum Gasteiger partial charge on any atom is -0.347 e. The lowest BCUT2D eigenvalue weighted by molar-refractivity contribution is -0.298. The van der Waals surface area contributed by atoms with Crippen molar-refractivity contribution in [2.75, 3.05) is 13.2 Å². The molecule has 5 aliphatic rings. The summed E-state index contributed by atoms with van der Waals surface area (Å²) in [6.07, 6.45) is 6.55. The molecule has 1 heterocycles. The fourth-order valence-corrected chi connectivity index (χ4v) is 5.36. The molecule has 0 aromatic rings. The fraction of sp³-hybridized carbons (Fsp3) is 0.867. The average molecular weight is 234 g/mol. The molecule has 2 heteroatoms. The van der Waals surface area contributed by atoms with Crippen LogP contribution in [0.3, 0.4) is 0 Å². The Kier molecular flexibility index (Phi) is 1.96. The Morgan fingerprint density at radius 3 is 2.18 bits per heavy atom. The molecule has 2 atom stereocenters. The maximum Gasteiger partial charge on any atom is 0.174 e. The van der Waals surface area contributed by atoms with Crippen LogP contribution in [0, 0.1) is 23.2 Å². The van der Waals surface area contributed by atoms with Gasteiger partial charge in [-0.2, -0.15) is 0 Å². The molecule has 0 N–H and O–H groups in total. The SMILES string of the molecule is C=C(C)C12CC3CC(C1)C1(OCCO1)C(C3)C2. The van der Waals surface area contributed by atoms with Crippen molar-refractivity contribution < 1.29 is 9.47 Å². The molecule has 0 aromatic heterocycles. The molecule has 2 nitrogen and oxygen atoms in total. The monoisotopic (exact) mass is 234 g/mol. The number of hydrogen-bond donors (Lipinski definition) is 0. The van der Waals surface area contributed by atoms with Gasteiger partial charge in [-0.3, -0.25) is 0 Å². The minimum absolute atomic E-state index is 0.185. The lowest BCUT2D eigenvalue weighted by atomic mass is 9.46. The molecule has 4 saturated carbocycles. The van der Waals surface area contributed by atoms with Crippen LogP contribution in [0.5, 0.6) is 0 Å². The molecule has 0 amide bonds. The lowest BCUT2D eigenvalue weighted by Gasteiger charge is -2.63. The molecule has 4 bridgehead atoms. The zero-order valence-electron chi connectivity index (χ0n) is 10.7. The summed E-state index contributed by atoms with van der Waals surface area (Å²) in [6.45, 7) is 8.12. The molecule has 5 fully saturated rings. The molecule has 0 radical (unpaired) electrons. The Balaban J connectivity index is 1.74. The summed E-state index contributed by atoms with van der Waals surface area (Å²) in [6, 6.07) is 0. The fourth-order valence-electron chi connectivity index (χ4n) is 5.36. The third kappa shape index (κ3) is 1.18. The highest BCUT2D eigenvalue weighted by Gasteiger charge is 2.64. The predicted octanol–water partition coefficient (Wildman–Crippen LogP) is 3.13. The van der Waals surface area contributed by atoms with E-state index in [-0.39, 0.29) is 5.79 Å². The summed E-state index contributed by atoms with van der Waals surface area (Å²) in [5.41, 5.74) is 1.83. The second kappa shape index (κ2) is 3.16. The van der Waals surface area contributed by atoms with Gasteiger partial charge in [0.1, 0.15) is 0 Å². The Bertz CT molecular complexity index is 349. The smallest absolute Gasteiger partial charge is 0.174 e. The Hall–Kier alpha value is -0.340. The molecule has 1 aliphatic heterocycles. The van der Waals surface area contributed by atoms with Crippen LogP contribution in [0.2, 0.25) is 0 Å². The van der Waals surface area contributed by atoms with E-state index in [0.29, 0.717) is 17.3 Å². The van der Waals surface area contributed by atoms with E-state index in [1.165, 1.54) is 37.7 Å². The summed E-state index contributed by atoms with van der Waals surface area (Å²) < 4.78 is 12.2. The van der Waals surface area contributed by atoms with Crippen LogP contribution >= 0.6 is 0 Å². The van der Waals surface area contributed by atoms with Gasteiger partial charge in [0.25, 0.3) is 0 Å². The van der Waals surface area contributed by atoms with Crippen LogP contribution < -0.4 is 0 Å². The number of ether oxygens (including phenoxy) is 2. The molecule has 0 aromatic carbocycles. The largest absolute Gasteiger partial charge is 0.347 e. The number of allylic oxidation sites excluding steroid dienone is 1. The molecule has 2 unspecified atom stereocenters. The van der Waals surface area contributed by atoms with Gasteiger partial charge in [-0.25, -0.2) is 0 Å². The van der Waals surface area contributed by atoms with E-state index in [4.69, 9.17) is 9.47 Å². The molecule has 4 aliphatic carbocycles. The first-order chi connectivity index (χ1) is 8.15. The van der Waals surface area contributed by atoms with Crippen LogP contribution in [0.25, 0.3) is 0 Å². The van der Waals surface area contributed by atoms with E-state index in [9.17, 15) is 0 Å². The summed E-state index contributed by atoms with van der Waals surface area (Å²) >= 11 is 0. The molecular weight excluding hydrogens is 212 g/mol. The van der Waals surface area contributed by atoms with Gasteiger partial charge < -0.3 is 9.47 Å². The van der Waals surface area contributed by atoms with Crippen LogP contribution in [0.4, 0.5) is 0 Å². The minimum atomic E-state index is -0.185. The van der Waals surface area contributed by atoms with Crippen molar-refractivity contribution in [3.8, 4) is 0 Å². The van der Waals surface area contributed by atoms with E-state index >= 15 is 0 Å². The molecule has 5 rings (SSSR count). The summed E-state index contributed by atoms with van der Waals surface area (Å²) in [5, 5.41) is 0. The Labute approximate surface area is 103 Å². The maximum atomic E-state index is 6.09. The van der Waals surface area contributed by atoms with E-state index in [0.717, 1.165) is 19.1 Å². The first-order valence-electron chi connectivity index (χ1n) is 7.08. The van der Waals surface area contributed by atoms with Crippen LogP contribution in [0.1, 0.15) is 39.0 Å². The maximum absolute atomic E-state index is 6.09. The standard InChI is InChI=1S/C15H22O2/c1-10(2)14-7-11-5-12(8-14)15(13(6-11)9-14)16-3-4-17-15/h11-13H,1,3-9H2,2H3. The first-order valence-corrected chi connectivity index (χ1v) is 7.08. The van der Waals surface area contributed by atoms with Gasteiger partial charge in [0.05, 0.1) is 13.2 Å². The Morgan fingerprint density at radius 1 is 1.06 bits per heavy atom. The molecule has 1 spiro atoms. The highest BCUT2D eigenvalue weighted by molar-refractivity contribution is 5.20. The third-order valence-corrected chi connectivity index (χ3v) is 5.97. The second-order valence-electron chi connectivity index (χ2n) is 6.82. The quantitative estimate of drug-likeness (QED) is 0.649. The molecule has 1 saturated heterocycles. The van der Waals surface area contributed by atoms with E-state index in [1.807, 2.05) is 0 Å². The van der Waals surface area contributed by atoms with Crippen molar-refractivity contribution in [3.05, 3.63) is 12.2 Å². The molecule has 94 valence electrons. The van der Waals surface area contributed by atoms with Crippen molar-refractivity contribution in [2.45, 2.75) is 44.8 Å². The van der Waals surface area contributed by atoms with Gasteiger partial charge in [-0.15, -0.1) is 0 Å². The third-order valence-electron chi connectivity index (χ3n) is 5.97. The number of rotatable bonds is 1. The second-order valence-corrected chi connectivity index (χ2v) is 6.82. The highest BCUT2D eigenvalue weighted by Crippen LogP contribution is 2.67. The van der Waals surface area contributed by atoms with E-state index in [2.05, 4.69) is 13.5 Å². The van der Waals surface area contributed by atoms with E-state index < -0.39 is 0 Å². The van der Waals surface area contributed by atoms with Gasteiger partial charge in [-0.05, 0) is 50.4 Å². The molecular formula is C15H22O2. The van der Waals surface area contributed by atoms with Crippen molar-refractivity contribution in [2.24, 2.45) is 23.2 Å². The number of hydrogen-bond acceptors (Lipinski definition) is 2. The average Bonchev–Trinajstić information content (AvgIpc) is 2.75. The van der Waals surface area contributed by atoms with Gasteiger partial charge in [0, 0.05) is 11.8 Å². The van der Waals surface area contributed by atoms with Gasteiger partial charge in [-0.1, -0.05) is 12.2 Å². The van der Waals surface area contributed by atoms with E-state index in [1.54, 1.807) is 0 Å².